The highest BCUT2D eigenvalue weighted by Crippen LogP contribution is 2.30. The summed E-state index contributed by atoms with van der Waals surface area (Å²) in [5, 5.41) is 7.14. The molecule has 0 saturated heterocycles. The lowest BCUT2D eigenvalue weighted by Gasteiger charge is -2.28. The zero-order valence-electron chi connectivity index (χ0n) is 17.6. The zero-order chi connectivity index (χ0) is 22.4. The number of hydrogen-bond donors (Lipinski definition) is 1. The molecule has 3 aromatic rings. The predicted octanol–water partition coefficient (Wildman–Crippen LogP) is 4.44. The maximum atomic E-state index is 11.9. The van der Waals surface area contributed by atoms with Gasteiger partial charge in [-0.1, -0.05) is 44.2 Å². The number of urea groups is 1. The summed E-state index contributed by atoms with van der Waals surface area (Å²) >= 11 is 0.485. The topological polar surface area (TPSA) is 88.6 Å². The fraction of sp³-hybridized carbons (Fsp3) is 0.333. The molecule has 2 heterocycles. The van der Waals surface area contributed by atoms with Crippen molar-refractivity contribution in [1.82, 2.24) is 14.6 Å². The van der Waals surface area contributed by atoms with Crippen molar-refractivity contribution in [3.05, 3.63) is 57.6 Å². The molecule has 0 spiro atoms. The van der Waals surface area contributed by atoms with Crippen molar-refractivity contribution in [2.45, 2.75) is 26.3 Å². The predicted molar refractivity (Wildman–Crippen MR) is 127 cm³/mol. The molecule has 10 heteroatoms. The van der Waals surface area contributed by atoms with Gasteiger partial charge in [0.2, 0.25) is 0 Å². The first-order chi connectivity index (χ1) is 14.9. The Kier molecular flexibility index (Phi) is 8.19. The van der Waals surface area contributed by atoms with E-state index in [0.717, 1.165) is 25.6 Å². The Morgan fingerprint density at radius 3 is 2.52 bits per heavy atom. The summed E-state index contributed by atoms with van der Waals surface area (Å²) in [5.74, 6) is 0.469. The van der Waals surface area contributed by atoms with E-state index in [9.17, 15) is 13.6 Å². The number of aromatic nitrogens is 1. The van der Waals surface area contributed by atoms with Gasteiger partial charge in [0.1, 0.15) is 0 Å². The number of benzene rings is 1. The van der Waals surface area contributed by atoms with E-state index < -0.39 is 17.3 Å². The molecule has 1 unspecified atom stereocenters. The molecule has 1 atom stereocenters. The summed E-state index contributed by atoms with van der Waals surface area (Å²) in [6.45, 7) is 5.27. The van der Waals surface area contributed by atoms with E-state index >= 15 is 0 Å². The van der Waals surface area contributed by atoms with Gasteiger partial charge in [-0.3, -0.25) is 8.51 Å². The minimum absolute atomic E-state index is 0.0269. The van der Waals surface area contributed by atoms with Crippen LogP contribution in [0.2, 0.25) is 0 Å². The molecule has 0 bridgehead atoms. The standard InChI is InChI=1S/C21H26N4O3S3/c1-15(2)16-6-8-17(9-7-16)19-14-30-21(23-19)24(13-18-5-4-12-29-18)10-11-25(31(27)28)20(26)22-3/h4-9,12,14-15H,10-11,13H2,1-3H3,(H,22,26)(H,27,28)/p-1. The van der Waals surface area contributed by atoms with Crippen LogP contribution in [-0.4, -0.2) is 44.2 Å². The third-order valence-electron chi connectivity index (χ3n) is 4.76. The number of thiazole rings is 1. The smallest absolute Gasteiger partial charge is 0.328 e. The normalized spacial score (nSPS) is 12.0. The molecule has 3 rings (SSSR count). The quantitative estimate of drug-likeness (QED) is 0.460. The van der Waals surface area contributed by atoms with Gasteiger partial charge in [-0.25, -0.2) is 9.78 Å². The van der Waals surface area contributed by atoms with Gasteiger partial charge in [0.15, 0.2) is 5.13 Å². The highest BCUT2D eigenvalue weighted by atomic mass is 32.2. The van der Waals surface area contributed by atoms with Gasteiger partial charge in [-0.05, 0) is 22.9 Å². The van der Waals surface area contributed by atoms with E-state index in [1.54, 1.807) is 11.3 Å². The number of amides is 2. The largest absolute Gasteiger partial charge is 0.755 e. The fourth-order valence-corrected chi connectivity index (χ4v) is 5.03. The summed E-state index contributed by atoms with van der Waals surface area (Å²) in [6, 6.07) is 11.7. The number of thiophene rings is 1. The highest BCUT2D eigenvalue weighted by Gasteiger charge is 2.18. The molecule has 7 nitrogen and oxygen atoms in total. The lowest BCUT2D eigenvalue weighted by molar-refractivity contribution is 0.224. The van der Waals surface area contributed by atoms with Crippen LogP contribution in [-0.2, 0) is 17.8 Å². The monoisotopic (exact) mass is 477 g/mol. The molecular weight excluding hydrogens is 452 g/mol. The molecule has 0 aliphatic carbocycles. The molecule has 31 heavy (non-hydrogen) atoms. The third-order valence-corrected chi connectivity index (χ3v) is 7.23. The Balaban J connectivity index is 1.81. The molecule has 2 amide bonds. The Morgan fingerprint density at radius 2 is 1.94 bits per heavy atom. The first-order valence-electron chi connectivity index (χ1n) is 9.81. The number of carbonyl (C=O) groups excluding carboxylic acids is 1. The van der Waals surface area contributed by atoms with Crippen molar-refractivity contribution >= 4 is 45.1 Å². The van der Waals surface area contributed by atoms with Gasteiger partial charge in [-0.15, -0.1) is 22.7 Å². The molecule has 0 fully saturated rings. The summed E-state index contributed by atoms with van der Waals surface area (Å²) in [6.07, 6.45) is 0. The lowest BCUT2D eigenvalue weighted by Crippen LogP contribution is -2.43. The molecule has 0 aliphatic rings. The first kappa shape index (κ1) is 23.4. The third kappa shape index (κ3) is 6.13. The number of anilines is 1. The van der Waals surface area contributed by atoms with E-state index in [-0.39, 0.29) is 6.54 Å². The van der Waals surface area contributed by atoms with Crippen LogP contribution in [0.25, 0.3) is 11.3 Å². The van der Waals surface area contributed by atoms with E-state index in [1.807, 2.05) is 27.8 Å². The Bertz CT molecular complexity index is 1000. The number of carbonyl (C=O) groups is 1. The van der Waals surface area contributed by atoms with Crippen LogP contribution in [0.3, 0.4) is 0 Å². The van der Waals surface area contributed by atoms with Crippen molar-refractivity contribution in [2.24, 2.45) is 0 Å². The van der Waals surface area contributed by atoms with Crippen LogP contribution in [0, 0.1) is 0 Å². The highest BCUT2D eigenvalue weighted by molar-refractivity contribution is 7.77. The summed E-state index contributed by atoms with van der Waals surface area (Å²) in [5.41, 5.74) is 3.19. The average Bonchev–Trinajstić information content (AvgIpc) is 3.45. The fourth-order valence-electron chi connectivity index (χ4n) is 2.99. The molecule has 166 valence electrons. The van der Waals surface area contributed by atoms with Crippen LogP contribution >= 0.6 is 22.7 Å². The van der Waals surface area contributed by atoms with E-state index in [4.69, 9.17) is 4.98 Å². The number of rotatable bonds is 9. The second-order valence-electron chi connectivity index (χ2n) is 7.17. The zero-order valence-corrected chi connectivity index (χ0v) is 20.1. The van der Waals surface area contributed by atoms with Crippen molar-refractivity contribution in [3.63, 3.8) is 0 Å². The van der Waals surface area contributed by atoms with Crippen LogP contribution < -0.4 is 10.2 Å². The van der Waals surface area contributed by atoms with Crippen molar-refractivity contribution < 1.29 is 13.6 Å². The first-order valence-corrected chi connectivity index (χ1v) is 12.6. The number of nitrogens with one attached hydrogen (secondary N) is 1. The van der Waals surface area contributed by atoms with Gasteiger partial charge in [-0.2, -0.15) is 0 Å². The van der Waals surface area contributed by atoms with Crippen molar-refractivity contribution in [1.29, 1.82) is 0 Å². The van der Waals surface area contributed by atoms with Crippen LogP contribution in [0.5, 0.6) is 0 Å². The molecule has 0 radical (unpaired) electrons. The molecule has 0 aliphatic heterocycles. The summed E-state index contributed by atoms with van der Waals surface area (Å²) < 4.78 is 23.7. The molecule has 0 saturated carbocycles. The van der Waals surface area contributed by atoms with Gasteiger partial charge in [0.25, 0.3) is 0 Å². The van der Waals surface area contributed by atoms with E-state index in [1.165, 1.54) is 23.9 Å². The van der Waals surface area contributed by atoms with E-state index in [0.29, 0.717) is 19.0 Å². The second-order valence-corrected chi connectivity index (χ2v) is 9.91. The van der Waals surface area contributed by atoms with E-state index in [2.05, 4.69) is 43.4 Å². The summed E-state index contributed by atoms with van der Waals surface area (Å²) in [4.78, 5) is 19.8. The van der Waals surface area contributed by atoms with Gasteiger partial charge < -0.3 is 14.8 Å². The Labute approximate surface area is 193 Å². The minimum atomic E-state index is -2.65. The maximum absolute atomic E-state index is 11.9. The number of hydrogen-bond acceptors (Lipinski definition) is 7. The molecule has 1 N–H and O–H groups in total. The lowest BCUT2D eigenvalue weighted by atomic mass is 10.0. The van der Waals surface area contributed by atoms with Gasteiger partial charge >= 0.3 is 6.03 Å². The average molecular weight is 478 g/mol. The molecular formula is C21H25N4O3S3-. The van der Waals surface area contributed by atoms with Crippen LogP contribution in [0.15, 0.2) is 47.2 Å². The minimum Gasteiger partial charge on any atom is -0.755 e. The van der Waals surface area contributed by atoms with Gasteiger partial charge in [0, 0.05) is 29.4 Å². The SMILES string of the molecule is CNC(=O)N(CCN(Cc1cccs1)c1nc(-c2ccc(C(C)C)cc2)cs1)S(=O)[O-]. The Morgan fingerprint density at radius 1 is 1.19 bits per heavy atom. The van der Waals surface area contributed by atoms with Crippen LogP contribution in [0.4, 0.5) is 9.93 Å². The maximum Gasteiger partial charge on any atom is 0.328 e. The second kappa shape index (κ2) is 10.9. The Hall–Kier alpha value is -2.27. The van der Waals surface area contributed by atoms with Crippen molar-refractivity contribution in [2.75, 3.05) is 25.0 Å². The number of nitrogens with zero attached hydrogens (tertiary/aromatic N) is 3. The molecule has 1 aromatic carbocycles. The van der Waals surface area contributed by atoms with Crippen molar-refractivity contribution in [3.8, 4) is 11.3 Å². The van der Waals surface area contributed by atoms with Gasteiger partial charge in [0.05, 0.1) is 30.0 Å². The summed E-state index contributed by atoms with van der Waals surface area (Å²) in [7, 11) is 1.41. The van der Waals surface area contributed by atoms with Crippen LogP contribution in [0.1, 0.15) is 30.2 Å². The molecule has 2 aromatic heterocycles.